The van der Waals surface area contributed by atoms with Gasteiger partial charge in [0, 0.05) is 47.6 Å². The van der Waals surface area contributed by atoms with Crippen LogP contribution in [0.5, 0.6) is 0 Å². The van der Waals surface area contributed by atoms with Crippen LogP contribution >= 0.6 is 0 Å². The van der Waals surface area contributed by atoms with E-state index in [-0.39, 0.29) is 18.8 Å². The van der Waals surface area contributed by atoms with Crippen LogP contribution in [-0.2, 0) is 0 Å². The Labute approximate surface area is 102 Å². The number of halogens is 2. The minimum atomic E-state index is -2.48. The average molecular weight is 247 g/mol. The third-order valence-electron chi connectivity index (χ3n) is 3.03. The molecule has 0 radical (unpaired) electrons. The molecule has 100 valence electrons. The minimum Gasteiger partial charge on any atom is -0.349 e. The van der Waals surface area contributed by atoms with Gasteiger partial charge in [-0.3, -0.25) is 4.99 Å². The highest BCUT2D eigenvalue weighted by molar-refractivity contribution is 5.79. The van der Waals surface area contributed by atoms with Crippen molar-refractivity contribution in [1.29, 1.82) is 0 Å². The highest BCUT2D eigenvalue weighted by Crippen LogP contribution is 2.36. The second kappa shape index (κ2) is 5.65. The lowest BCUT2D eigenvalue weighted by atomic mass is 9.87. The lowest BCUT2D eigenvalue weighted by Gasteiger charge is -2.29. The zero-order valence-electron chi connectivity index (χ0n) is 11.2. The summed E-state index contributed by atoms with van der Waals surface area (Å²) in [6.45, 7) is 0.501. The third-order valence-corrected chi connectivity index (χ3v) is 3.03. The van der Waals surface area contributed by atoms with Crippen LogP contribution in [-0.4, -0.2) is 56.4 Å². The minimum absolute atomic E-state index is 0.00929. The van der Waals surface area contributed by atoms with Crippen molar-refractivity contribution in [3.63, 3.8) is 0 Å². The lowest BCUT2D eigenvalue weighted by molar-refractivity contribution is -0.0508. The second-order valence-corrected chi connectivity index (χ2v) is 5.25. The van der Waals surface area contributed by atoms with Crippen molar-refractivity contribution in [3.8, 4) is 0 Å². The van der Waals surface area contributed by atoms with Crippen molar-refractivity contribution in [1.82, 2.24) is 9.80 Å². The number of hydrogen-bond acceptors (Lipinski definition) is 1. The van der Waals surface area contributed by atoms with Crippen LogP contribution in [0.4, 0.5) is 8.78 Å². The summed E-state index contributed by atoms with van der Waals surface area (Å²) in [5.41, 5.74) is 0. The summed E-state index contributed by atoms with van der Waals surface area (Å²) in [4.78, 5) is 8.25. The zero-order chi connectivity index (χ0) is 13.1. The first-order chi connectivity index (χ1) is 7.82. The number of hydrogen-bond donors (Lipinski definition) is 0. The van der Waals surface area contributed by atoms with Crippen LogP contribution in [0, 0.1) is 5.92 Å². The van der Waals surface area contributed by atoms with Crippen molar-refractivity contribution in [2.24, 2.45) is 10.9 Å². The Morgan fingerprint density at radius 3 is 2.29 bits per heavy atom. The van der Waals surface area contributed by atoms with Gasteiger partial charge in [-0.1, -0.05) is 0 Å². The molecule has 5 heteroatoms. The molecule has 1 saturated carbocycles. The predicted molar refractivity (Wildman–Crippen MR) is 66.6 cm³/mol. The smallest absolute Gasteiger partial charge is 0.248 e. The molecule has 0 bridgehead atoms. The fraction of sp³-hybridized carbons (Fsp3) is 0.917. The summed E-state index contributed by atoms with van der Waals surface area (Å²) >= 11 is 0. The molecule has 0 aromatic rings. The zero-order valence-corrected chi connectivity index (χ0v) is 11.2. The maximum Gasteiger partial charge on any atom is 0.248 e. The highest BCUT2D eigenvalue weighted by Gasteiger charge is 2.35. The van der Waals surface area contributed by atoms with E-state index in [1.165, 1.54) is 0 Å². The Balaban J connectivity index is 2.56. The molecule has 0 aromatic carbocycles. The van der Waals surface area contributed by atoms with Crippen LogP contribution in [0.15, 0.2) is 4.99 Å². The lowest BCUT2D eigenvalue weighted by Crippen LogP contribution is -2.36. The number of nitrogens with zero attached hydrogens (tertiary/aromatic N) is 3. The van der Waals surface area contributed by atoms with E-state index in [0.29, 0.717) is 13.0 Å². The molecule has 0 spiro atoms. The van der Waals surface area contributed by atoms with Crippen molar-refractivity contribution < 1.29 is 8.78 Å². The molecular formula is C12H23F2N3. The van der Waals surface area contributed by atoms with Gasteiger partial charge in [0.2, 0.25) is 5.92 Å². The Kier molecular flexibility index (Phi) is 4.71. The molecule has 1 aliphatic rings. The Hall–Kier alpha value is -0.870. The molecule has 0 heterocycles. The van der Waals surface area contributed by atoms with Gasteiger partial charge in [-0.2, -0.15) is 0 Å². The summed E-state index contributed by atoms with van der Waals surface area (Å²) in [7, 11) is 7.64. The first-order valence-corrected chi connectivity index (χ1v) is 6.09. The van der Waals surface area contributed by atoms with Crippen LogP contribution in [0.1, 0.15) is 25.7 Å². The maximum absolute atomic E-state index is 13.2. The van der Waals surface area contributed by atoms with Crippen molar-refractivity contribution in [3.05, 3.63) is 0 Å². The van der Waals surface area contributed by atoms with E-state index in [1.807, 2.05) is 38.0 Å². The number of alkyl halides is 2. The summed E-state index contributed by atoms with van der Waals surface area (Å²) in [5.74, 6) is -1.62. The maximum atomic E-state index is 13.2. The Bertz CT molecular complexity index is 265. The number of rotatable bonds is 2. The Morgan fingerprint density at radius 1 is 1.24 bits per heavy atom. The van der Waals surface area contributed by atoms with Crippen LogP contribution in [0.2, 0.25) is 0 Å². The van der Waals surface area contributed by atoms with Crippen molar-refractivity contribution in [2.45, 2.75) is 31.6 Å². The molecule has 17 heavy (non-hydrogen) atoms. The molecule has 0 N–H and O–H groups in total. The predicted octanol–water partition coefficient (Wildman–Crippen LogP) is 2.29. The van der Waals surface area contributed by atoms with E-state index in [2.05, 4.69) is 4.99 Å². The van der Waals surface area contributed by atoms with E-state index in [9.17, 15) is 8.78 Å². The van der Waals surface area contributed by atoms with E-state index >= 15 is 0 Å². The first-order valence-electron chi connectivity index (χ1n) is 6.09. The number of guanidine groups is 1. The van der Waals surface area contributed by atoms with Gasteiger partial charge in [-0.05, 0) is 18.8 Å². The van der Waals surface area contributed by atoms with Crippen LogP contribution in [0.25, 0.3) is 0 Å². The molecule has 1 atom stereocenters. The van der Waals surface area contributed by atoms with E-state index in [4.69, 9.17) is 0 Å². The standard InChI is InChI=1S/C12H23F2N3/c1-16(2)11(17(3)4)15-9-10-6-5-7-12(13,14)8-10/h10H,5-9H2,1-4H3. The van der Waals surface area contributed by atoms with Crippen LogP contribution in [0.3, 0.4) is 0 Å². The van der Waals surface area contributed by atoms with Crippen molar-refractivity contribution >= 4 is 5.96 Å². The van der Waals surface area contributed by atoms with Crippen molar-refractivity contribution in [2.75, 3.05) is 34.7 Å². The molecular weight excluding hydrogens is 224 g/mol. The quantitative estimate of drug-likeness (QED) is 0.551. The summed E-state index contributed by atoms with van der Waals surface area (Å²) < 4.78 is 26.5. The highest BCUT2D eigenvalue weighted by atomic mass is 19.3. The fourth-order valence-electron chi connectivity index (χ4n) is 2.33. The normalized spacial score (nSPS) is 23.1. The molecule has 0 amide bonds. The SMILES string of the molecule is CN(C)C(=NCC1CCCC(F)(F)C1)N(C)C. The molecule has 1 aliphatic carbocycles. The van der Waals surface area contributed by atoms with Gasteiger partial charge in [-0.25, -0.2) is 8.78 Å². The molecule has 0 aliphatic heterocycles. The van der Waals surface area contributed by atoms with Gasteiger partial charge < -0.3 is 9.80 Å². The monoisotopic (exact) mass is 247 g/mol. The van der Waals surface area contributed by atoms with Gasteiger partial charge in [0.15, 0.2) is 5.96 Å². The summed E-state index contributed by atoms with van der Waals surface area (Å²) in [6.07, 6.45) is 1.52. The van der Waals surface area contributed by atoms with Gasteiger partial charge in [0.25, 0.3) is 0 Å². The average Bonchev–Trinajstić information content (AvgIpc) is 2.15. The van der Waals surface area contributed by atoms with Gasteiger partial charge in [0.05, 0.1) is 0 Å². The molecule has 0 aromatic heterocycles. The van der Waals surface area contributed by atoms with Gasteiger partial charge in [0.1, 0.15) is 0 Å². The molecule has 3 nitrogen and oxygen atoms in total. The van der Waals surface area contributed by atoms with E-state index < -0.39 is 5.92 Å². The topological polar surface area (TPSA) is 18.8 Å². The molecule has 1 fully saturated rings. The van der Waals surface area contributed by atoms with Gasteiger partial charge in [-0.15, -0.1) is 0 Å². The molecule has 1 unspecified atom stereocenters. The fourth-order valence-corrected chi connectivity index (χ4v) is 2.33. The summed E-state index contributed by atoms with van der Waals surface area (Å²) in [5, 5.41) is 0. The largest absolute Gasteiger partial charge is 0.349 e. The van der Waals surface area contributed by atoms with E-state index in [0.717, 1.165) is 12.4 Å². The van der Waals surface area contributed by atoms with E-state index in [1.54, 1.807) is 0 Å². The first kappa shape index (κ1) is 14.2. The second-order valence-electron chi connectivity index (χ2n) is 5.25. The third kappa shape index (κ3) is 4.48. The Morgan fingerprint density at radius 2 is 1.82 bits per heavy atom. The molecule has 1 rings (SSSR count). The molecule has 0 saturated heterocycles. The summed E-state index contributed by atoms with van der Waals surface area (Å²) in [6, 6.07) is 0. The van der Waals surface area contributed by atoms with Gasteiger partial charge >= 0.3 is 0 Å². The number of aliphatic imine (C=N–C) groups is 1. The van der Waals surface area contributed by atoms with Crippen LogP contribution < -0.4 is 0 Å².